The fourth-order valence-corrected chi connectivity index (χ4v) is 1.03. The van der Waals surface area contributed by atoms with E-state index in [0.29, 0.717) is 12.0 Å². The van der Waals surface area contributed by atoms with E-state index in [1.165, 1.54) is 0 Å². The van der Waals surface area contributed by atoms with Gasteiger partial charge in [-0.3, -0.25) is 9.78 Å². The zero-order chi connectivity index (χ0) is 10.6. The maximum absolute atomic E-state index is 10.7. The fourth-order valence-electron chi connectivity index (χ4n) is 1.03. The summed E-state index contributed by atoms with van der Waals surface area (Å²) in [7, 11) is 0. The molecule has 0 radical (unpaired) electrons. The highest BCUT2D eigenvalue weighted by atomic mass is 16.1. The molecule has 1 amide bonds. The normalized spacial score (nSPS) is 9.43. The molecule has 0 spiro atoms. The highest BCUT2D eigenvalue weighted by Gasteiger charge is 2.03. The van der Waals surface area contributed by atoms with Crippen LogP contribution in [0.5, 0.6) is 0 Å². The molecule has 0 saturated carbocycles. The summed E-state index contributed by atoms with van der Waals surface area (Å²) in [6.07, 6.45) is 3.77. The Labute approximate surface area is 83.0 Å². The molecule has 0 atom stereocenters. The van der Waals surface area contributed by atoms with Crippen LogP contribution in [0.3, 0.4) is 0 Å². The predicted molar refractivity (Wildman–Crippen MR) is 56.4 cm³/mol. The molecular formula is C11H12N2O. The van der Waals surface area contributed by atoms with Gasteiger partial charge < -0.3 is 5.73 Å². The van der Waals surface area contributed by atoms with Gasteiger partial charge in [-0.15, -0.1) is 0 Å². The average molecular weight is 188 g/mol. The molecule has 0 fully saturated rings. The van der Waals surface area contributed by atoms with E-state index in [9.17, 15) is 4.79 Å². The summed E-state index contributed by atoms with van der Waals surface area (Å²) in [5, 5.41) is 0. The first kappa shape index (κ1) is 10.2. The molecule has 0 unspecified atom stereocenters. The van der Waals surface area contributed by atoms with Crippen molar-refractivity contribution >= 4 is 12.0 Å². The second-order valence-corrected chi connectivity index (χ2v) is 2.93. The van der Waals surface area contributed by atoms with Crippen molar-refractivity contribution in [2.24, 2.45) is 5.73 Å². The molecule has 0 aromatic carbocycles. The van der Waals surface area contributed by atoms with Crippen molar-refractivity contribution < 1.29 is 4.79 Å². The molecule has 14 heavy (non-hydrogen) atoms. The van der Waals surface area contributed by atoms with Crippen molar-refractivity contribution in [3.8, 4) is 0 Å². The molecule has 0 saturated heterocycles. The van der Waals surface area contributed by atoms with Gasteiger partial charge in [0.05, 0.1) is 0 Å². The number of hydrogen-bond donors (Lipinski definition) is 1. The number of nitrogens with two attached hydrogens (primary N) is 1. The van der Waals surface area contributed by atoms with Crippen LogP contribution in [-0.2, 0) is 11.2 Å². The molecule has 3 heteroatoms. The van der Waals surface area contributed by atoms with Crippen LogP contribution in [0.25, 0.3) is 6.08 Å². The SMILES string of the molecule is C=Cc1ccnc(CC(=C)C(N)=O)c1. The summed E-state index contributed by atoms with van der Waals surface area (Å²) < 4.78 is 0. The zero-order valence-corrected chi connectivity index (χ0v) is 7.86. The summed E-state index contributed by atoms with van der Waals surface area (Å²) in [5.41, 5.74) is 7.16. The van der Waals surface area contributed by atoms with Crippen molar-refractivity contribution in [3.63, 3.8) is 0 Å². The first-order chi connectivity index (χ1) is 6.63. The number of carbonyl (C=O) groups is 1. The lowest BCUT2D eigenvalue weighted by Gasteiger charge is -2.01. The highest BCUT2D eigenvalue weighted by Crippen LogP contribution is 2.07. The Balaban J connectivity index is 2.81. The van der Waals surface area contributed by atoms with Crippen LogP contribution >= 0.6 is 0 Å². The molecule has 1 aromatic heterocycles. The minimum absolute atomic E-state index is 0.360. The van der Waals surface area contributed by atoms with E-state index in [0.717, 1.165) is 11.3 Å². The molecule has 0 aliphatic carbocycles. The maximum atomic E-state index is 10.7. The Morgan fingerprint density at radius 1 is 1.64 bits per heavy atom. The summed E-state index contributed by atoms with van der Waals surface area (Å²) in [6.45, 7) is 7.21. The van der Waals surface area contributed by atoms with Crippen molar-refractivity contribution in [1.82, 2.24) is 4.98 Å². The van der Waals surface area contributed by atoms with E-state index >= 15 is 0 Å². The van der Waals surface area contributed by atoms with Gasteiger partial charge in [-0.2, -0.15) is 0 Å². The zero-order valence-electron chi connectivity index (χ0n) is 7.86. The summed E-state index contributed by atoms with van der Waals surface area (Å²) in [6, 6.07) is 3.69. The van der Waals surface area contributed by atoms with Gasteiger partial charge in [0.15, 0.2) is 0 Å². The van der Waals surface area contributed by atoms with Crippen LogP contribution in [0.2, 0.25) is 0 Å². The second kappa shape index (κ2) is 4.37. The van der Waals surface area contributed by atoms with Crippen molar-refractivity contribution in [3.05, 3.63) is 48.3 Å². The number of carbonyl (C=O) groups excluding carboxylic acids is 1. The molecule has 1 rings (SSSR count). The maximum Gasteiger partial charge on any atom is 0.244 e. The number of pyridine rings is 1. The van der Waals surface area contributed by atoms with Crippen LogP contribution in [0.15, 0.2) is 37.1 Å². The van der Waals surface area contributed by atoms with E-state index in [1.54, 1.807) is 12.3 Å². The van der Waals surface area contributed by atoms with E-state index in [4.69, 9.17) is 5.73 Å². The average Bonchev–Trinajstić information content (AvgIpc) is 2.18. The molecular weight excluding hydrogens is 176 g/mol. The first-order valence-corrected chi connectivity index (χ1v) is 4.18. The first-order valence-electron chi connectivity index (χ1n) is 4.18. The van der Waals surface area contributed by atoms with Gasteiger partial charge in [-0.25, -0.2) is 0 Å². The van der Waals surface area contributed by atoms with Crippen molar-refractivity contribution in [2.75, 3.05) is 0 Å². The van der Waals surface area contributed by atoms with Gasteiger partial charge in [0.2, 0.25) is 5.91 Å². The lowest BCUT2D eigenvalue weighted by atomic mass is 10.1. The molecule has 0 bridgehead atoms. The predicted octanol–water partition coefficient (Wildman–Crippen LogP) is 1.31. The highest BCUT2D eigenvalue weighted by molar-refractivity contribution is 5.91. The number of nitrogens with zero attached hydrogens (tertiary/aromatic N) is 1. The van der Waals surface area contributed by atoms with Crippen molar-refractivity contribution in [2.45, 2.75) is 6.42 Å². The monoisotopic (exact) mass is 188 g/mol. The van der Waals surface area contributed by atoms with Gasteiger partial charge in [0.1, 0.15) is 0 Å². The van der Waals surface area contributed by atoms with E-state index in [1.807, 2.05) is 12.1 Å². The lowest BCUT2D eigenvalue weighted by molar-refractivity contribution is -0.114. The minimum atomic E-state index is -0.490. The molecule has 1 aromatic rings. The Morgan fingerprint density at radius 2 is 2.36 bits per heavy atom. The van der Waals surface area contributed by atoms with Crippen LogP contribution in [-0.4, -0.2) is 10.9 Å². The van der Waals surface area contributed by atoms with Crippen LogP contribution in [0.1, 0.15) is 11.3 Å². The number of aromatic nitrogens is 1. The molecule has 0 aliphatic heterocycles. The van der Waals surface area contributed by atoms with E-state index in [2.05, 4.69) is 18.1 Å². The number of amides is 1. The molecule has 0 aliphatic rings. The number of hydrogen-bond acceptors (Lipinski definition) is 2. The lowest BCUT2D eigenvalue weighted by Crippen LogP contribution is -2.15. The Morgan fingerprint density at radius 3 is 2.93 bits per heavy atom. The van der Waals surface area contributed by atoms with E-state index < -0.39 is 5.91 Å². The summed E-state index contributed by atoms with van der Waals surface area (Å²) in [5.74, 6) is -0.490. The number of rotatable bonds is 4. The summed E-state index contributed by atoms with van der Waals surface area (Å²) >= 11 is 0. The van der Waals surface area contributed by atoms with Gasteiger partial charge in [-0.05, 0) is 17.7 Å². The molecule has 1 heterocycles. The summed E-state index contributed by atoms with van der Waals surface area (Å²) in [4.78, 5) is 14.8. The standard InChI is InChI=1S/C11H12N2O/c1-3-9-4-5-13-10(7-9)6-8(2)11(12)14/h3-5,7H,1-2,6H2,(H2,12,14). The Hall–Kier alpha value is -1.90. The third-order valence-corrected chi connectivity index (χ3v) is 1.82. The largest absolute Gasteiger partial charge is 0.366 e. The third kappa shape index (κ3) is 2.55. The quantitative estimate of drug-likeness (QED) is 0.724. The van der Waals surface area contributed by atoms with Gasteiger partial charge >= 0.3 is 0 Å². The molecule has 3 nitrogen and oxygen atoms in total. The van der Waals surface area contributed by atoms with Gasteiger partial charge in [0, 0.05) is 23.9 Å². The van der Waals surface area contributed by atoms with E-state index in [-0.39, 0.29) is 0 Å². The Kier molecular flexibility index (Phi) is 3.18. The van der Waals surface area contributed by atoms with Crippen LogP contribution in [0.4, 0.5) is 0 Å². The third-order valence-electron chi connectivity index (χ3n) is 1.82. The van der Waals surface area contributed by atoms with Crippen molar-refractivity contribution in [1.29, 1.82) is 0 Å². The number of primary amides is 1. The van der Waals surface area contributed by atoms with Gasteiger partial charge in [0.25, 0.3) is 0 Å². The van der Waals surface area contributed by atoms with Crippen LogP contribution in [0, 0.1) is 0 Å². The van der Waals surface area contributed by atoms with Crippen LogP contribution < -0.4 is 5.73 Å². The molecule has 72 valence electrons. The Bertz CT molecular complexity index is 383. The second-order valence-electron chi connectivity index (χ2n) is 2.93. The minimum Gasteiger partial charge on any atom is -0.366 e. The van der Waals surface area contributed by atoms with Gasteiger partial charge in [-0.1, -0.05) is 19.2 Å². The topological polar surface area (TPSA) is 56.0 Å². The smallest absolute Gasteiger partial charge is 0.244 e. The fraction of sp³-hybridized carbons (Fsp3) is 0.0909. The molecule has 2 N–H and O–H groups in total.